The van der Waals surface area contributed by atoms with E-state index in [9.17, 15) is 9.59 Å². The Morgan fingerprint density at radius 3 is 2.00 bits per heavy atom. The lowest BCUT2D eigenvalue weighted by Gasteiger charge is -2.36. The van der Waals surface area contributed by atoms with Crippen molar-refractivity contribution in [1.29, 1.82) is 0 Å². The monoisotopic (exact) mass is 251 g/mol. The Kier molecular flexibility index (Phi) is 3.98. The molecule has 0 unspecified atom stereocenters. The van der Waals surface area contributed by atoms with E-state index in [-0.39, 0.29) is 17.4 Å². The van der Waals surface area contributed by atoms with Crippen molar-refractivity contribution in [1.82, 2.24) is 4.90 Å². The van der Waals surface area contributed by atoms with Gasteiger partial charge in [0.2, 0.25) is 0 Å². The molecule has 0 bridgehead atoms. The molecule has 3 nitrogen and oxygen atoms in total. The fourth-order valence-electron chi connectivity index (χ4n) is 1.93. The Balaban J connectivity index is 3.28. The minimum atomic E-state index is -0.456. The smallest absolute Gasteiger partial charge is 0.262 e. The van der Waals surface area contributed by atoms with Gasteiger partial charge in [-0.3, -0.25) is 14.5 Å². The summed E-state index contributed by atoms with van der Waals surface area (Å²) < 4.78 is 0. The number of rotatable bonds is 5. The van der Waals surface area contributed by atoms with Gasteiger partial charge in [-0.2, -0.15) is 0 Å². The van der Waals surface area contributed by atoms with Crippen molar-refractivity contribution >= 4 is 29.4 Å². The number of thiocarbonyl (C=S) groups is 1. The summed E-state index contributed by atoms with van der Waals surface area (Å²) in [6.07, 6.45) is 2.84. The molecule has 1 aliphatic rings. The van der Waals surface area contributed by atoms with Crippen molar-refractivity contribution in [3.8, 4) is 0 Å². The molecule has 0 aliphatic carbocycles. The summed E-state index contributed by atoms with van der Waals surface area (Å²) in [5.41, 5.74) is 0.147. The zero-order valence-corrected chi connectivity index (χ0v) is 11.3. The highest BCUT2D eigenvalue weighted by atomic mass is 32.1. The Hall–Kier alpha value is -1.29. The second-order valence-corrected chi connectivity index (χ2v) is 4.53. The van der Waals surface area contributed by atoms with Crippen molar-refractivity contribution in [2.75, 3.05) is 0 Å². The first-order valence-electron chi connectivity index (χ1n) is 5.67. The molecule has 0 saturated heterocycles. The molecular formula is C13H17NO2S. The van der Waals surface area contributed by atoms with Gasteiger partial charge < -0.3 is 0 Å². The maximum Gasteiger partial charge on any atom is 0.262 e. The van der Waals surface area contributed by atoms with Crippen LogP contribution in [0.25, 0.3) is 0 Å². The van der Waals surface area contributed by atoms with E-state index >= 15 is 0 Å². The molecule has 0 atom stereocenters. The third kappa shape index (κ3) is 1.97. The molecule has 0 aromatic heterocycles. The minimum Gasteiger partial charge on any atom is -0.269 e. The van der Waals surface area contributed by atoms with Gasteiger partial charge in [0.05, 0.1) is 11.1 Å². The van der Waals surface area contributed by atoms with Gasteiger partial charge in [0, 0.05) is 10.9 Å². The Labute approximate surface area is 107 Å². The highest BCUT2D eigenvalue weighted by Gasteiger charge is 2.44. The van der Waals surface area contributed by atoms with Crippen LogP contribution in [0.2, 0.25) is 0 Å². The van der Waals surface area contributed by atoms with Gasteiger partial charge in [-0.1, -0.05) is 38.7 Å². The minimum absolute atomic E-state index is 0.285. The largest absolute Gasteiger partial charge is 0.269 e. The molecule has 2 amide bonds. The molecule has 0 aromatic carbocycles. The highest BCUT2D eigenvalue weighted by Crippen LogP contribution is 2.32. The number of hydrogen-bond donors (Lipinski definition) is 0. The Morgan fingerprint density at radius 1 is 1.24 bits per heavy atom. The number of hydrogen-bond acceptors (Lipinski definition) is 3. The molecule has 1 rings (SSSR count). The number of carbonyl (C=O) groups is 2. The summed E-state index contributed by atoms with van der Waals surface area (Å²) in [6, 6.07) is 0. The molecular weight excluding hydrogens is 234 g/mol. The summed E-state index contributed by atoms with van der Waals surface area (Å²) in [7, 11) is 0. The summed E-state index contributed by atoms with van der Waals surface area (Å²) in [5, 5.41) is 1.27. The van der Waals surface area contributed by atoms with Crippen LogP contribution >= 0.6 is 12.2 Å². The molecule has 4 heteroatoms. The maximum absolute atomic E-state index is 12.2. The van der Waals surface area contributed by atoms with E-state index in [1.165, 1.54) is 16.3 Å². The first kappa shape index (κ1) is 13.8. The number of imide groups is 1. The van der Waals surface area contributed by atoms with Crippen LogP contribution in [0.5, 0.6) is 0 Å². The van der Waals surface area contributed by atoms with E-state index in [2.05, 4.69) is 6.58 Å². The van der Waals surface area contributed by atoms with Gasteiger partial charge in [-0.05, 0) is 19.8 Å². The van der Waals surface area contributed by atoms with Gasteiger partial charge >= 0.3 is 0 Å². The molecule has 92 valence electrons. The van der Waals surface area contributed by atoms with E-state index < -0.39 is 5.54 Å². The fourth-order valence-corrected chi connectivity index (χ4v) is 2.16. The van der Waals surface area contributed by atoms with E-state index in [0.717, 1.165) is 12.8 Å². The van der Waals surface area contributed by atoms with E-state index in [1.54, 1.807) is 0 Å². The molecule has 0 saturated carbocycles. The topological polar surface area (TPSA) is 37.4 Å². The standard InChI is InChI=1S/C13H17NO2S/c1-5-9-10(8-17)12(16)14(11(9)15)13(4,6-2)7-3/h5,8H,1,6-7H2,2-4H3. The van der Waals surface area contributed by atoms with Gasteiger partial charge in [-0.15, -0.1) is 0 Å². The van der Waals surface area contributed by atoms with Crippen LogP contribution in [-0.2, 0) is 9.59 Å². The van der Waals surface area contributed by atoms with E-state index in [4.69, 9.17) is 12.2 Å². The molecule has 1 aliphatic heterocycles. The van der Waals surface area contributed by atoms with Crippen LogP contribution in [0.15, 0.2) is 23.8 Å². The quantitative estimate of drug-likeness (QED) is 0.556. The summed E-state index contributed by atoms with van der Waals surface area (Å²) in [5.74, 6) is -0.585. The average Bonchev–Trinajstić information content (AvgIpc) is 2.59. The summed E-state index contributed by atoms with van der Waals surface area (Å²) in [4.78, 5) is 25.7. The van der Waals surface area contributed by atoms with Crippen LogP contribution in [0.4, 0.5) is 0 Å². The third-order valence-corrected chi connectivity index (χ3v) is 3.78. The average molecular weight is 251 g/mol. The normalized spacial score (nSPS) is 16.8. The SMILES string of the molecule is C=CC1=C(C=S)C(=O)N(C(C)(CC)CC)C1=O. The third-order valence-electron chi connectivity index (χ3n) is 3.54. The van der Waals surface area contributed by atoms with E-state index in [0.29, 0.717) is 5.57 Å². The van der Waals surface area contributed by atoms with Crippen molar-refractivity contribution in [2.24, 2.45) is 0 Å². The van der Waals surface area contributed by atoms with Crippen molar-refractivity contribution < 1.29 is 9.59 Å². The molecule has 17 heavy (non-hydrogen) atoms. The zero-order chi connectivity index (χ0) is 13.2. The Bertz CT molecular complexity index is 389. The predicted octanol–water partition coefficient (Wildman–Crippen LogP) is 2.42. The maximum atomic E-state index is 12.2. The molecule has 0 aromatic rings. The number of amides is 2. The van der Waals surface area contributed by atoms with Crippen molar-refractivity contribution in [2.45, 2.75) is 39.2 Å². The van der Waals surface area contributed by atoms with Gasteiger partial charge in [0.15, 0.2) is 0 Å². The van der Waals surface area contributed by atoms with Gasteiger partial charge in [0.1, 0.15) is 0 Å². The molecule has 0 fully saturated rings. The fraction of sp³-hybridized carbons (Fsp3) is 0.462. The van der Waals surface area contributed by atoms with Crippen molar-refractivity contribution in [3.63, 3.8) is 0 Å². The Morgan fingerprint density at radius 2 is 1.71 bits per heavy atom. The second kappa shape index (κ2) is 4.92. The second-order valence-electron chi connectivity index (χ2n) is 4.30. The number of nitrogens with zero attached hydrogens (tertiary/aromatic N) is 1. The first-order valence-corrected chi connectivity index (χ1v) is 6.14. The molecule has 0 radical (unpaired) electrons. The van der Waals surface area contributed by atoms with Crippen molar-refractivity contribution in [3.05, 3.63) is 23.8 Å². The van der Waals surface area contributed by atoms with Crippen LogP contribution in [0, 0.1) is 0 Å². The zero-order valence-electron chi connectivity index (χ0n) is 10.4. The lowest BCUT2D eigenvalue weighted by molar-refractivity contribution is -0.144. The summed E-state index contributed by atoms with van der Waals surface area (Å²) in [6.45, 7) is 9.41. The molecule has 1 heterocycles. The number of carbonyl (C=O) groups excluding carboxylic acids is 2. The van der Waals surface area contributed by atoms with Crippen LogP contribution in [0.3, 0.4) is 0 Å². The lowest BCUT2D eigenvalue weighted by atomic mass is 9.93. The lowest BCUT2D eigenvalue weighted by Crippen LogP contribution is -2.49. The summed E-state index contributed by atoms with van der Waals surface area (Å²) >= 11 is 4.80. The van der Waals surface area contributed by atoms with Gasteiger partial charge in [-0.25, -0.2) is 0 Å². The van der Waals surface area contributed by atoms with Crippen LogP contribution in [0.1, 0.15) is 33.6 Å². The highest BCUT2D eigenvalue weighted by molar-refractivity contribution is 7.79. The molecule has 0 N–H and O–H groups in total. The molecule has 0 spiro atoms. The van der Waals surface area contributed by atoms with Crippen LogP contribution < -0.4 is 0 Å². The van der Waals surface area contributed by atoms with E-state index in [1.807, 2.05) is 20.8 Å². The van der Waals surface area contributed by atoms with Crippen LogP contribution in [-0.4, -0.2) is 27.6 Å². The predicted molar refractivity (Wildman–Crippen MR) is 71.7 cm³/mol. The first-order chi connectivity index (χ1) is 7.96. The van der Waals surface area contributed by atoms with Gasteiger partial charge in [0.25, 0.3) is 11.8 Å².